The van der Waals surface area contributed by atoms with Gasteiger partial charge in [-0.05, 0) is 49.3 Å². The van der Waals surface area contributed by atoms with Gasteiger partial charge in [0, 0.05) is 83.7 Å². The Balaban J connectivity index is 1.42. The smallest absolute Gasteiger partial charge is 0.289 e. The number of aromatic hydroxyl groups is 2. The van der Waals surface area contributed by atoms with Gasteiger partial charge >= 0.3 is 0 Å². The lowest BCUT2D eigenvalue weighted by Crippen LogP contribution is -2.47. The van der Waals surface area contributed by atoms with Crippen LogP contribution < -0.4 is 5.32 Å². The lowest BCUT2D eigenvalue weighted by atomic mass is 9.98. The molecule has 1 amide bonds. The number of hydrogen-bond donors (Lipinski definition) is 3. The van der Waals surface area contributed by atoms with E-state index >= 15 is 0 Å². The summed E-state index contributed by atoms with van der Waals surface area (Å²) in [6.07, 6.45) is 0. The van der Waals surface area contributed by atoms with Crippen molar-refractivity contribution in [2.45, 2.75) is 26.3 Å². The first-order valence-corrected chi connectivity index (χ1v) is 14.9. The summed E-state index contributed by atoms with van der Waals surface area (Å²) in [5, 5.41) is 33.0. The number of piperazine rings is 2. The molecule has 0 radical (unpaired) electrons. The van der Waals surface area contributed by atoms with Crippen LogP contribution in [0.4, 0.5) is 0 Å². The van der Waals surface area contributed by atoms with Gasteiger partial charge in [0.15, 0.2) is 5.82 Å². The summed E-state index contributed by atoms with van der Waals surface area (Å²) in [4.78, 5) is 22.9. The number of carbonyl (C=O) groups excluding carboxylic acids is 1. The van der Waals surface area contributed by atoms with Crippen LogP contribution in [0.15, 0.2) is 36.4 Å². The summed E-state index contributed by atoms with van der Waals surface area (Å²) in [7, 11) is 4.28. The molecule has 11 nitrogen and oxygen atoms in total. The van der Waals surface area contributed by atoms with E-state index in [2.05, 4.69) is 61.3 Å². The molecule has 42 heavy (non-hydrogen) atoms. The third-order valence-corrected chi connectivity index (χ3v) is 8.38. The summed E-state index contributed by atoms with van der Waals surface area (Å²) in [6, 6.07) is 11.1. The minimum atomic E-state index is -0.327. The number of amides is 1. The number of benzene rings is 2. The second-order valence-electron chi connectivity index (χ2n) is 11.9. The van der Waals surface area contributed by atoms with Gasteiger partial charge < -0.3 is 25.3 Å². The quantitative estimate of drug-likeness (QED) is 0.353. The molecule has 0 bridgehead atoms. The SMILES string of the molecule is CC(C)c1cc(-c2nnc(C(=O)NCCN3CCN(C)CC3)n2-c2ccc(CN3CCN(C)CC3)cc2)c(O)cc1O. The van der Waals surface area contributed by atoms with Crippen LogP contribution >= 0.6 is 0 Å². The molecule has 0 spiro atoms. The van der Waals surface area contributed by atoms with Crippen molar-refractivity contribution in [2.75, 3.05) is 79.5 Å². The first-order valence-electron chi connectivity index (χ1n) is 14.9. The standard InChI is InChI=1S/C31H44N8O3/c1-22(2)25-19-26(28(41)20-27(25)40)29-33-34-30(31(42)32-9-10-37-15-11-35(3)12-16-37)39(29)24-7-5-23(6-8-24)21-38-17-13-36(4)14-18-38/h5-8,19-20,22,40-41H,9-18,21H2,1-4H3,(H,32,42). The molecule has 3 heterocycles. The number of nitrogens with zero attached hydrogens (tertiary/aromatic N) is 7. The van der Waals surface area contributed by atoms with E-state index < -0.39 is 0 Å². The molecule has 2 aliphatic heterocycles. The van der Waals surface area contributed by atoms with E-state index in [4.69, 9.17) is 0 Å². The van der Waals surface area contributed by atoms with Crippen molar-refractivity contribution in [1.82, 2.24) is 39.7 Å². The molecular formula is C31H44N8O3. The zero-order chi connectivity index (χ0) is 29.8. The third-order valence-electron chi connectivity index (χ3n) is 8.38. The lowest BCUT2D eigenvalue weighted by Gasteiger charge is -2.32. The molecule has 3 N–H and O–H groups in total. The second-order valence-corrected chi connectivity index (χ2v) is 11.9. The van der Waals surface area contributed by atoms with Gasteiger partial charge in [0.2, 0.25) is 5.82 Å². The molecule has 0 aliphatic carbocycles. The van der Waals surface area contributed by atoms with E-state index in [0.29, 0.717) is 23.5 Å². The highest BCUT2D eigenvalue weighted by Crippen LogP contribution is 2.38. The topological polar surface area (TPSA) is 113 Å². The number of carbonyl (C=O) groups is 1. The number of phenols is 2. The maximum atomic E-state index is 13.5. The Labute approximate surface area is 248 Å². The van der Waals surface area contributed by atoms with Crippen molar-refractivity contribution in [3.05, 3.63) is 53.3 Å². The molecule has 2 aromatic carbocycles. The largest absolute Gasteiger partial charge is 0.508 e. The molecule has 1 aromatic heterocycles. The minimum absolute atomic E-state index is 0.0203. The van der Waals surface area contributed by atoms with Crippen LogP contribution in [0.25, 0.3) is 17.1 Å². The van der Waals surface area contributed by atoms with Crippen LogP contribution in [0.5, 0.6) is 11.5 Å². The van der Waals surface area contributed by atoms with Crippen molar-refractivity contribution in [2.24, 2.45) is 0 Å². The van der Waals surface area contributed by atoms with Crippen LogP contribution in [0.3, 0.4) is 0 Å². The van der Waals surface area contributed by atoms with E-state index in [1.165, 1.54) is 11.6 Å². The average Bonchev–Trinajstić information content (AvgIpc) is 3.40. The summed E-state index contributed by atoms with van der Waals surface area (Å²) in [5.41, 5.74) is 2.99. The minimum Gasteiger partial charge on any atom is -0.508 e. The zero-order valence-corrected chi connectivity index (χ0v) is 25.3. The van der Waals surface area contributed by atoms with Crippen molar-refractivity contribution in [3.8, 4) is 28.6 Å². The normalized spacial score (nSPS) is 17.6. The van der Waals surface area contributed by atoms with E-state index in [9.17, 15) is 15.0 Å². The molecule has 226 valence electrons. The molecule has 2 fully saturated rings. The van der Waals surface area contributed by atoms with Gasteiger partial charge in [0.05, 0.1) is 5.56 Å². The Morgan fingerprint density at radius 1 is 0.857 bits per heavy atom. The highest BCUT2D eigenvalue weighted by atomic mass is 16.3. The van der Waals surface area contributed by atoms with Gasteiger partial charge in [0.25, 0.3) is 5.91 Å². The zero-order valence-electron chi connectivity index (χ0n) is 25.3. The van der Waals surface area contributed by atoms with Gasteiger partial charge in [-0.1, -0.05) is 26.0 Å². The Bertz CT molecular complexity index is 1360. The second kappa shape index (κ2) is 13.2. The van der Waals surface area contributed by atoms with Gasteiger partial charge in [-0.3, -0.25) is 19.2 Å². The summed E-state index contributed by atoms with van der Waals surface area (Å²) in [6.45, 7) is 14.2. The van der Waals surface area contributed by atoms with Gasteiger partial charge in [-0.25, -0.2) is 0 Å². The van der Waals surface area contributed by atoms with Crippen molar-refractivity contribution in [3.63, 3.8) is 0 Å². The van der Waals surface area contributed by atoms with Gasteiger partial charge in [0.1, 0.15) is 11.5 Å². The maximum Gasteiger partial charge on any atom is 0.289 e. The van der Waals surface area contributed by atoms with Gasteiger partial charge in [-0.15, -0.1) is 10.2 Å². The van der Waals surface area contributed by atoms with Crippen molar-refractivity contribution >= 4 is 5.91 Å². The Morgan fingerprint density at radius 2 is 1.48 bits per heavy atom. The van der Waals surface area contributed by atoms with Crippen molar-refractivity contribution < 1.29 is 15.0 Å². The van der Waals surface area contributed by atoms with E-state index in [-0.39, 0.29) is 29.1 Å². The average molecular weight is 577 g/mol. The fourth-order valence-corrected chi connectivity index (χ4v) is 5.58. The van der Waals surface area contributed by atoms with E-state index in [1.54, 1.807) is 10.6 Å². The highest BCUT2D eigenvalue weighted by Gasteiger charge is 2.25. The molecule has 0 atom stereocenters. The predicted molar refractivity (Wildman–Crippen MR) is 163 cm³/mol. The monoisotopic (exact) mass is 576 g/mol. The first kappa shape index (κ1) is 30.0. The molecule has 3 aromatic rings. The number of likely N-dealkylation sites (N-methyl/N-ethyl adjacent to an activating group) is 2. The van der Waals surface area contributed by atoms with Crippen LogP contribution in [-0.4, -0.2) is 130 Å². The van der Waals surface area contributed by atoms with Crippen molar-refractivity contribution in [1.29, 1.82) is 0 Å². The Morgan fingerprint density at radius 3 is 2.10 bits per heavy atom. The number of hydrogen-bond acceptors (Lipinski definition) is 9. The Hall–Kier alpha value is -3.51. The molecule has 2 aliphatic rings. The van der Waals surface area contributed by atoms with E-state index in [0.717, 1.165) is 71.1 Å². The van der Waals surface area contributed by atoms with E-state index in [1.807, 2.05) is 26.0 Å². The molecule has 0 unspecified atom stereocenters. The summed E-state index contributed by atoms with van der Waals surface area (Å²) < 4.78 is 1.70. The molecule has 2 saturated heterocycles. The van der Waals surface area contributed by atoms with Crippen LogP contribution in [0, 0.1) is 0 Å². The molecule has 0 saturated carbocycles. The summed E-state index contributed by atoms with van der Waals surface area (Å²) in [5.74, 6) is 0.0737. The predicted octanol–water partition coefficient (Wildman–Crippen LogP) is 2.19. The van der Waals surface area contributed by atoms with Crippen LogP contribution in [-0.2, 0) is 6.54 Å². The fourth-order valence-electron chi connectivity index (χ4n) is 5.58. The van der Waals surface area contributed by atoms with Crippen LogP contribution in [0.2, 0.25) is 0 Å². The van der Waals surface area contributed by atoms with Gasteiger partial charge in [-0.2, -0.15) is 0 Å². The third kappa shape index (κ3) is 6.92. The Kier molecular flexibility index (Phi) is 9.42. The highest BCUT2D eigenvalue weighted by molar-refractivity contribution is 5.92. The lowest BCUT2D eigenvalue weighted by molar-refractivity contribution is 0.0928. The molecular weight excluding hydrogens is 532 g/mol. The molecule has 11 heteroatoms. The number of rotatable bonds is 9. The van der Waals surface area contributed by atoms with Crippen LogP contribution in [0.1, 0.15) is 41.5 Å². The number of nitrogens with one attached hydrogen (secondary N) is 1. The number of phenolic OH excluding ortho intramolecular Hbond substituents is 2. The molecule has 5 rings (SSSR count). The maximum absolute atomic E-state index is 13.5. The summed E-state index contributed by atoms with van der Waals surface area (Å²) >= 11 is 0. The fraction of sp³-hybridized carbons (Fsp3) is 0.516. The first-order chi connectivity index (χ1) is 20.2. The number of aromatic nitrogens is 3.